The topological polar surface area (TPSA) is 0 Å². The third kappa shape index (κ3) is 4.16. The Morgan fingerprint density at radius 1 is 0.533 bits per heavy atom. The first kappa shape index (κ1) is 20.3. The van der Waals surface area contributed by atoms with Crippen molar-refractivity contribution in [2.45, 2.75) is 0 Å². The predicted molar refractivity (Wildman–Crippen MR) is 122 cm³/mol. The van der Waals surface area contributed by atoms with Crippen LogP contribution in [0.5, 0.6) is 0 Å². The summed E-state index contributed by atoms with van der Waals surface area (Å²) >= 11 is 12.2. The molecular formula is C26H16Cl2F2. The molecule has 4 aromatic carbocycles. The van der Waals surface area contributed by atoms with Gasteiger partial charge in [-0.2, -0.15) is 8.78 Å². The fourth-order valence-electron chi connectivity index (χ4n) is 3.52. The van der Waals surface area contributed by atoms with Gasteiger partial charge in [0.2, 0.25) is 0 Å². The Bertz CT molecular complexity index is 1210. The average molecular weight is 437 g/mol. The summed E-state index contributed by atoms with van der Waals surface area (Å²) in [5.74, 6) is 0. The number of hydrogen-bond acceptors (Lipinski definition) is 0. The summed E-state index contributed by atoms with van der Waals surface area (Å²) in [5, 5.41) is 0.967. The molecule has 30 heavy (non-hydrogen) atoms. The highest BCUT2D eigenvalue weighted by Crippen LogP contribution is 2.40. The van der Waals surface area contributed by atoms with Gasteiger partial charge in [-0.25, -0.2) is 0 Å². The van der Waals surface area contributed by atoms with E-state index < -0.39 is 6.08 Å². The van der Waals surface area contributed by atoms with Gasteiger partial charge in [-0.3, -0.25) is 0 Å². The third-order valence-corrected chi connectivity index (χ3v) is 5.36. The van der Waals surface area contributed by atoms with Gasteiger partial charge in [0.05, 0.1) is 5.57 Å². The van der Waals surface area contributed by atoms with Gasteiger partial charge < -0.3 is 0 Å². The number of benzene rings is 4. The minimum atomic E-state index is -1.77. The van der Waals surface area contributed by atoms with Crippen molar-refractivity contribution in [1.29, 1.82) is 0 Å². The van der Waals surface area contributed by atoms with E-state index in [2.05, 4.69) is 0 Å². The molecule has 4 aromatic rings. The number of halogens is 4. The second-order valence-corrected chi connectivity index (χ2v) is 7.62. The molecule has 148 valence electrons. The molecule has 0 unspecified atom stereocenters. The molecular weight excluding hydrogens is 421 g/mol. The first-order valence-corrected chi connectivity index (χ1v) is 10.1. The van der Waals surface area contributed by atoms with E-state index in [4.69, 9.17) is 23.2 Å². The highest BCUT2D eigenvalue weighted by molar-refractivity contribution is 6.31. The van der Waals surface area contributed by atoms with Gasteiger partial charge >= 0.3 is 0 Å². The van der Waals surface area contributed by atoms with Crippen LogP contribution < -0.4 is 0 Å². The van der Waals surface area contributed by atoms with Crippen molar-refractivity contribution in [1.82, 2.24) is 0 Å². The molecule has 0 bridgehead atoms. The van der Waals surface area contributed by atoms with E-state index in [0.29, 0.717) is 26.7 Å². The lowest BCUT2D eigenvalue weighted by atomic mass is 9.87. The molecule has 0 atom stereocenters. The lowest BCUT2D eigenvalue weighted by molar-refractivity contribution is 0.426. The molecule has 0 aliphatic rings. The summed E-state index contributed by atoms with van der Waals surface area (Å²) in [6, 6.07) is 28.8. The molecule has 0 aliphatic heterocycles. The van der Waals surface area contributed by atoms with E-state index in [1.54, 1.807) is 42.5 Å². The highest BCUT2D eigenvalue weighted by Gasteiger charge is 2.20. The normalized spacial score (nSPS) is 10.7. The highest BCUT2D eigenvalue weighted by atomic mass is 35.5. The minimum Gasteiger partial charge on any atom is -0.173 e. The zero-order chi connectivity index (χ0) is 21.1. The van der Waals surface area contributed by atoms with E-state index in [1.807, 2.05) is 54.6 Å². The quantitative estimate of drug-likeness (QED) is 0.299. The van der Waals surface area contributed by atoms with Gasteiger partial charge in [0.15, 0.2) is 0 Å². The molecule has 0 fully saturated rings. The van der Waals surface area contributed by atoms with Crippen molar-refractivity contribution in [2.75, 3.05) is 0 Å². The third-order valence-electron chi connectivity index (χ3n) is 4.88. The first-order valence-electron chi connectivity index (χ1n) is 9.30. The monoisotopic (exact) mass is 436 g/mol. The van der Waals surface area contributed by atoms with Crippen LogP contribution in [0.25, 0.3) is 27.8 Å². The molecule has 0 saturated heterocycles. The molecule has 0 amide bonds. The van der Waals surface area contributed by atoms with Gasteiger partial charge in [-0.15, -0.1) is 0 Å². The van der Waals surface area contributed by atoms with Crippen LogP contribution in [-0.4, -0.2) is 0 Å². The standard InChI is InChI=1S/C26H16Cl2F2/c27-19-12-10-18(11-13-19)22-15-14-20(28)16-24(22)25(26(29)30)23-9-5-4-8-21(23)17-6-2-1-3-7-17/h1-16H. The molecule has 0 radical (unpaired) electrons. The van der Waals surface area contributed by atoms with Crippen molar-refractivity contribution in [3.63, 3.8) is 0 Å². The van der Waals surface area contributed by atoms with Crippen molar-refractivity contribution >= 4 is 28.8 Å². The fourth-order valence-corrected chi connectivity index (χ4v) is 3.82. The largest absolute Gasteiger partial charge is 0.278 e. The SMILES string of the molecule is FC(F)=C(c1ccccc1-c1ccccc1)c1cc(Cl)ccc1-c1ccc(Cl)cc1. The zero-order valence-electron chi connectivity index (χ0n) is 15.7. The Morgan fingerprint density at radius 2 is 1.10 bits per heavy atom. The Labute approximate surface area is 184 Å². The van der Waals surface area contributed by atoms with Crippen molar-refractivity contribution < 1.29 is 8.78 Å². The van der Waals surface area contributed by atoms with Crippen LogP contribution in [0.15, 0.2) is 103 Å². The minimum absolute atomic E-state index is 0.137. The molecule has 0 N–H and O–H groups in total. The lowest BCUT2D eigenvalue weighted by Gasteiger charge is -2.17. The smallest absolute Gasteiger partial charge is 0.173 e. The summed E-state index contributed by atoms with van der Waals surface area (Å²) in [4.78, 5) is 0. The Kier molecular flexibility index (Phi) is 5.98. The summed E-state index contributed by atoms with van der Waals surface area (Å²) < 4.78 is 28.9. The Balaban J connectivity index is 1.97. The first-order chi connectivity index (χ1) is 14.5. The van der Waals surface area contributed by atoms with Crippen LogP contribution in [0.4, 0.5) is 8.78 Å². The van der Waals surface area contributed by atoms with Gasteiger partial charge in [0, 0.05) is 10.0 Å². The molecule has 0 aliphatic carbocycles. The fraction of sp³-hybridized carbons (Fsp3) is 0. The summed E-state index contributed by atoms with van der Waals surface area (Å²) in [6.45, 7) is 0. The Hall–Kier alpha value is -2.94. The van der Waals surface area contributed by atoms with Gasteiger partial charge in [0.1, 0.15) is 0 Å². The second-order valence-electron chi connectivity index (χ2n) is 6.74. The zero-order valence-corrected chi connectivity index (χ0v) is 17.3. The van der Waals surface area contributed by atoms with Crippen LogP contribution in [0.1, 0.15) is 11.1 Å². The molecule has 4 heteroatoms. The summed E-state index contributed by atoms with van der Waals surface area (Å²) in [7, 11) is 0. The Morgan fingerprint density at radius 3 is 1.80 bits per heavy atom. The second kappa shape index (κ2) is 8.83. The van der Waals surface area contributed by atoms with Crippen molar-refractivity contribution in [2.24, 2.45) is 0 Å². The number of hydrogen-bond donors (Lipinski definition) is 0. The molecule has 4 rings (SSSR count). The lowest BCUT2D eigenvalue weighted by Crippen LogP contribution is -1.97. The van der Waals surface area contributed by atoms with Crippen LogP contribution in [0, 0.1) is 0 Å². The molecule has 0 heterocycles. The average Bonchev–Trinajstić information content (AvgIpc) is 2.76. The van der Waals surface area contributed by atoms with Crippen molar-refractivity contribution in [3.8, 4) is 22.3 Å². The van der Waals surface area contributed by atoms with E-state index >= 15 is 0 Å². The van der Waals surface area contributed by atoms with Gasteiger partial charge in [-0.1, -0.05) is 96.0 Å². The molecule has 0 aromatic heterocycles. The molecule has 0 spiro atoms. The number of rotatable bonds is 4. The predicted octanol–water partition coefficient (Wildman–Crippen LogP) is 8.98. The van der Waals surface area contributed by atoms with E-state index in [9.17, 15) is 8.78 Å². The van der Waals surface area contributed by atoms with Crippen LogP contribution in [0.2, 0.25) is 10.0 Å². The van der Waals surface area contributed by atoms with Crippen LogP contribution in [0.3, 0.4) is 0 Å². The maximum atomic E-state index is 14.5. The van der Waals surface area contributed by atoms with Crippen molar-refractivity contribution in [3.05, 3.63) is 124 Å². The maximum Gasteiger partial charge on any atom is 0.278 e. The maximum absolute atomic E-state index is 14.5. The molecule has 0 saturated carbocycles. The van der Waals surface area contributed by atoms with Gasteiger partial charge in [0.25, 0.3) is 6.08 Å². The summed E-state index contributed by atoms with van der Waals surface area (Å²) in [6.07, 6.45) is -1.77. The van der Waals surface area contributed by atoms with E-state index in [1.165, 1.54) is 0 Å². The van der Waals surface area contributed by atoms with Gasteiger partial charge in [-0.05, 0) is 57.6 Å². The van der Waals surface area contributed by atoms with E-state index in [0.717, 1.165) is 16.7 Å². The summed E-state index contributed by atoms with van der Waals surface area (Å²) in [5.41, 5.74) is 3.70. The molecule has 0 nitrogen and oxygen atoms in total. The van der Waals surface area contributed by atoms with Crippen LogP contribution in [-0.2, 0) is 0 Å². The van der Waals surface area contributed by atoms with Crippen LogP contribution >= 0.6 is 23.2 Å². The van der Waals surface area contributed by atoms with E-state index in [-0.39, 0.29) is 5.57 Å².